The lowest BCUT2D eigenvalue weighted by molar-refractivity contribution is -0.111. The highest BCUT2D eigenvalue weighted by Gasteiger charge is 2.13. The number of halogens is 2. The summed E-state index contributed by atoms with van der Waals surface area (Å²) in [6.07, 6.45) is 6.39. The van der Waals surface area contributed by atoms with Gasteiger partial charge in [0.15, 0.2) is 0 Å². The van der Waals surface area contributed by atoms with Crippen molar-refractivity contribution < 1.29 is 4.79 Å². The van der Waals surface area contributed by atoms with Crippen LogP contribution in [0.1, 0.15) is 0 Å². The fraction of sp³-hybridized carbons (Fsp3) is 0.0435. The highest BCUT2D eigenvalue weighted by Crippen LogP contribution is 2.34. The molecular weight excluding hydrogens is 461 g/mol. The van der Waals surface area contributed by atoms with Crippen molar-refractivity contribution in [3.63, 3.8) is 0 Å². The molecule has 33 heavy (non-hydrogen) atoms. The van der Waals surface area contributed by atoms with Gasteiger partial charge in [0.1, 0.15) is 5.82 Å². The van der Waals surface area contributed by atoms with E-state index >= 15 is 0 Å². The van der Waals surface area contributed by atoms with E-state index in [4.69, 9.17) is 23.2 Å². The second-order valence-corrected chi connectivity index (χ2v) is 7.83. The molecule has 0 bridgehead atoms. The van der Waals surface area contributed by atoms with Crippen LogP contribution < -0.4 is 16.0 Å². The maximum Gasteiger partial charge on any atom is 0.247 e. The summed E-state index contributed by atoms with van der Waals surface area (Å²) in [5.41, 5.74) is 3.58. The van der Waals surface area contributed by atoms with Crippen LogP contribution in [0.25, 0.3) is 11.1 Å². The monoisotopic (exact) mass is 479 g/mol. The number of aryl methyl sites for hydroxylation is 1. The molecule has 10 heteroatoms. The Bertz CT molecular complexity index is 1340. The third-order valence-corrected chi connectivity index (χ3v) is 5.30. The van der Waals surface area contributed by atoms with E-state index in [-0.39, 0.29) is 5.91 Å². The minimum Gasteiger partial charge on any atom is -0.339 e. The molecule has 0 saturated heterocycles. The van der Waals surface area contributed by atoms with Gasteiger partial charge in [-0.1, -0.05) is 41.9 Å². The summed E-state index contributed by atoms with van der Waals surface area (Å²) >= 11 is 12.3. The van der Waals surface area contributed by atoms with E-state index in [1.807, 2.05) is 31.4 Å². The first kappa shape index (κ1) is 22.3. The van der Waals surface area contributed by atoms with Gasteiger partial charge in [0.05, 0.1) is 21.9 Å². The molecule has 1 amide bonds. The average Bonchev–Trinajstić information content (AvgIpc) is 3.20. The van der Waals surface area contributed by atoms with Gasteiger partial charge in [-0.25, -0.2) is 4.98 Å². The number of hydrogen-bond donors (Lipinski definition) is 3. The van der Waals surface area contributed by atoms with Crippen LogP contribution in [0, 0.1) is 0 Å². The molecule has 4 rings (SSSR count). The second kappa shape index (κ2) is 9.72. The first-order chi connectivity index (χ1) is 15.9. The van der Waals surface area contributed by atoms with Crippen LogP contribution >= 0.6 is 23.2 Å². The van der Waals surface area contributed by atoms with Gasteiger partial charge in [0, 0.05) is 36.4 Å². The van der Waals surface area contributed by atoms with E-state index in [0.29, 0.717) is 38.7 Å². The van der Waals surface area contributed by atoms with Crippen molar-refractivity contribution in [1.29, 1.82) is 0 Å². The zero-order chi connectivity index (χ0) is 23.4. The molecule has 0 unspecified atom stereocenters. The molecule has 0 spiro atoms. The van der Waals surface area contributed by atoms with Gasteiger partial charge >= 0.3 is 0 Å². The van der Waals surface area contributed by atoms with Crippen LogP contribution in [0.4, 0.5) is 28.8 Å². The Balaban J connectivity index is 1.71. The molecule has 2 aromatic heterocycles. The number of aromatic nitrogens is 4. The number of rotatable bonds is 7. The number of amides is 1. The van der Waals surface area contributed by atoms with Crippen LogP contribution in [-0.4, -0.2) is 25.7 Å². The number of nitrogens with one attached hydrogen (secondary N) is 3. The van der Waals surface area contributed by atoms with Crippen molar-refractivity contribution in [1.82, 2.24) is 19.7 Å². The zero-order valence-electron chi connectivity index (χ0n) is 17.5. The summed E-state index contributed by atoms with van der Waals surface area (Å²) in [6, 6.07) is 12.6. The Kier molecular flexibility index (Phi) is 6.58. The van der Waals surface area contributed by atoms with Crippen molar-refractivity contribution in [3.8, 4) is 11.1 Å². The van der Waals surface area contributed by atoms with Crippen molar-refractivity contribution in [2.24, 2.45) is 7.05 Å². The SMILES string of the molecule is C=CC(=O)Nc1cccc(Nc2nc(Nc3cnn(C)c3)ncc2-c2ccc(Cl)c(Cl)c2)c1. The Labute approximate surface area is 200 Å². The number of carbonyl (C=O) groups excluding carboxylic acids is 1. The van der Waals surface area contributed by atoms with E-state index in [0.717, 1.165) is 11.3 Å². The lowest BCUT2D eigenvalue weighted by Gasteiger charge is -2.14. The predicted molar refractivity (Wildman–Crippen MR) is 133 cm³/mol. The Morgan fingerprint density at radius 3 is 2.58 bits per heavy atom. The molecule has 166 valence electrons. The minimum absolute atomic E-state index is 0.298. The molecule has 0 aliphatic heterocycles. The largest absolute Gasteiger partial charge is 0.339 e. The fourth-order valence-corrected chi connectivity index (χ4v) is 3.33. The predicted octanol–water partition coefficient (Wildman–Crippen LogP) is 5.80. The third kappa shape index (κ3) is 5.49. The molecule has 2 aromatic carbocycles. The molecule has 0 atom stereocenters. The summed E-state index contributed by atoms with van der Waals surface area (Å²) < 4.78 is 1.68. The number of anilines is 5. The highest BCUT2D eigenvalue weighted by atomic mass is 35.5. The molecule has 0 aliphatic carbocycles. The Morgan fingerprint density at radius 1 is 1.03 bits per heavy atom. The van der Waals surface area contributed by atoms with Crippen LogP contribution in [0.3, 0.4) is 0 Å². The smallest absolute Gasteiger partial charge is 0.247 e. The first-order valence-electron chi connectivity index (χ1n) is 9.80. The molecule has 2 heterocycles. The van der Waals surface area contributed by atoms with E-state index in [1.54, 1.807) is 41.3 Å². The average molecular weight is 480 g/mol. The number of nitrogens with zero attached hydrogens (tertiary/aromatic N) is 4. The molecule has 4 aromatic rings. The maximum absolute atomic E-state index is 11.7. The topological polar surface area (TPSA) is 96.8 Å². The van der Waals surface area contributed by atoms with Crippen LogP contribution in [0.2, 0.25) is 10.0 Å². The summed E-state index contributed by atoms with van der Waals surface area (Å²) in [4.78, 5) is 20.8. The van der Waals surface area contributed by atoms with Crippen LogP contribution in [0.5, 0.6) is 0 Å². The Hall–Kier alpha value is -3.88. The molecule has 0 radical (unpaired) electrons. The zero-order valence-corrected chi connectivity index (χ0v) is 19.0. The van der Waals surface area contributed by atoms with E-state index in [1.165, 1.54) is 6.08 Å². The number of benzene rings is 2. The molecule has 0 saturated carbocycles. The maximum atomic E-state index is 11.7. The molecule has 0 aliphatic rings. The van der Waals surface area contributed by atoms with Crippen LogP contribution in [0.15, 0.2) is 73.7 Å². The van der Waals surface area contributed by atoms with Gasteiger partial charge in [-0.3, -0.25) is 9.48 Å². The highest BCUT2D eigenvalue weighted by molar-refractivity contribution is 6.42. The van der Waals surface area contributed by atoms with Crippen molar-refractivity contribution in [2.45, 2.75) is 0 Å². The summed E-state index contributed by atoms with van der Waals surface area (Å²) in [7, 11) is 1.82. The van der Waals surface area contributed by atoms with E-state index < -0.39 is 0 Å². The van der Waals surface area contributed by atoms with Gasteiger partial charge in [-0.2, -0.15) is 10.1 Å². The first-order valence-corrected chi connectivity index (χ1v) is 10.6. The normalized spacial score (nSPS) is 10.5. The fourth-order valence-electron chi connectivity index (χ4n) is 3.03. The van der Waals surface area contributed by atoms with Crippen molar-refractivity contribution in [2.75, 3.05) is 16.0 Å². The van der Waals surface area contributed by atoms with E-state index in [2.05, 4.69) is 37.6 Å². The minimum atomic E-state index is -0.298. The quantitative estimate of drug-likeness (QED) is 0.290. The van der Waals surface area contributed by atoms with Gasteiger partial charge in [-0.05, 0) is 42.0 Å². The molecule has 8 nitrogen and oxygen atoms in total. The Morgan fingerprint density at radius 2 is 1.85 bits per heavy atom. The lowest BCUT2D eigenvalue weighted by atomic mass is 10.1. The summed E-state index contributed by atoms with van der Waals surface area (Å²) in [5, 5.41) is 14.2. The summed E-state index contributed by atoms with van der Waals surface area (Å²) in [6.45, 7) is 3.47. The molecule has 0 fully saturated rings. The van der Waals surface area contributed by atoms with Crippen molar-refractivity contribution in [3.05, 3.63) is 83.8 Å². The van der Waals surface area contributed by atoms with Gasteiger partial charge in [-0.15, -0.1) is 0 Å². The van der Waals surface area contributed by atoms with E-state index in [9.17, 15) is 4.79 Å². The molecule has 3 N–H and O–H groups in total. The van der Waals surface area contributed by atoms with Gasteiger partial charge < -0.3 is 16.0 Å². The third-order valence-electron chi connectivity index (χ3n) is 4.56. The standard InChI is InChI=1S/C23H19Cl2N7O/c1-3-21(33)28-15-5-4-6-16(10-15)29-22-18(14-7-8-19(24)20(25)9-14)12-26-23(31-22)30-17-11-27-32(2)13-17/h3-13H,1H2,2H3,(H,28,33)(H2,26,29,30,31). The van der Waals surface area contributed by atoms with Crippen molar-refractivity contribution >= 4 is 57.9 Å². The number of hydrogen-bond acceptors (Lipinski definition) is 6. The lowest BCUT2D eigenvalue weighted by Crippen LogP contribution is -2.07. The van der Waals surface area contributed by atoms with Gasteiger partial charge in [0.25, 0.3) is 0 Å². The molecular formula is C23H19Cl2N7O. The summed E-state index contributed by atoms with van der Waals surface area (Å²) in [5.74, 6) is 0.612. The second-order valence-electron chi connectivity index (χ2n) is 7.01. The number of carbonyl (C=O) groups is 1. The van der Waals surface area contributed by atoms with Gasteiger partial charge in [0.2, 0.25) is 11.9 Å². The van der Waals surface area contributed by atoms with Crippen LogP contribution in [-0.2, 0) is 11.8 Å².